The van der Waals surface area contributed by atoms with Gasteiger partial charge in [-0.2, -0.15) is 0 Å². The lowest BCUT2D eigenvalue weighted by Crippen LogP contribution is -1.99. The van der Waals surface area contributed by atoms with Crippen molar-refractivity contribution in [3.63, 3.8) is 0 Å². The van der Waals surface area contributed by atoms with Gasteiger partial charge in [0.15, 0.2) is 0 Å². The van der Waals surface area contributed by atoms with Gasteiger partial charge in [0.1, 0.15) is 0 Å². The fourth-order valence-corrected chi connectivity index (χ4v) is 3.11. The molecule has 0 radical (unpaired) electrons. The molecule has 0 N–H and O–H groups in total. The summed E-state index contributed by atoms with van der Waals surface area (Å²) in [5.41, 5.74) is 5.62. The van der Waals surface area contributed by atoms with Crippen LogP contribution in [0.15, 0.2) is 97.3 Å². The zero-order valence-electron chi connectivity index (χ0n) is 15.9. The fraction of sp³-hybridized carbons (Fsp3) is 0. The highest BCUT2D eigenvalue weighted by molar-refractivity contribution is 5.66. The maximum absolute atomic E-state index is 4.36. The van der Waals surface area contributed by atoms with Crippen molar-refractivity contribution in [3.8, 4) is 45.3 Å². The van der Waals surface area contributed by atoms with Gasteiger partial charge in [-0.05, 0) is 24.3 Å². The van der Waals surface area contributed by atoms with Crippen LogP contribution in [0, 0.1) is 0 Å². The molecule has 6 heteroatoms. The zero-order chi connectivity index (χ0) is 20.2. The monoisotopic (exact) mass is 388 g/mol. The van der Waals surface area contributed by atoms with Gasteiger partial charge in [0.05, 0.1) is 11.4 Å². The average Bonchev–Trinajstić information content (AvgIpc) is 2.85. The molecule has 0 saturated heterocycles. The molecule has 3 aromatic heterocycles. The minimum atomic E-state index is 0.483. The van der Waals surface area contributed by atoms with E-state index in [9.17, 15) is 0 Å². The van der Waals surface area contributed by atoms with Gasteiger partial charge in [0.25, 0.3) is 0 Å². The minimum absolute atomic E-state index is 0.483. The number of hydrogen-bond acceptors (Lipinski definition) is 6. The van der Waals surface area contributed by atoms with E-state index in [4.69, 9.17) is 0 Å². The highest BCUT2D eigenvalue weighted by Gasteiger charge is 2.08. The topological polar surface area (TPSA) is 77.3 Å². The molecule has 0 saturated carbocycles. The molecule has 0 aliphatic carbocycles. The molecule has 0 fully saturated rings. The Labute approximate surface area is 173 Å². The van der Waals surface area contributed by atoms with Crippen LogP contribution in [0.1, 0.15) is 0 Å². The largest absolute Gasteiger partial charge is 0.256 e. The van der Waals surface area contributed by atoms with Crippen LogP contribution in [0.25, 0.3) is 45.3 Å². The van der Waals surface area contributed by atoms with Crippen LogP contribution in [0.3, 0.4) is 0 Å². The van der Waals surface area contributed by atoms with Gasteiger partial charge < -0.3 is 0 Å². The van der Waals surface area contributed by atoms with E-state index in [-0.39, 0.29) is 0 Å². The zero-order valence-corrected chi connectivity index (χ0v) is 15.9. The standard InChI is InChI=1S/C24H16N6/c1-3-15-25-21(5-1)17-7-11-19(12-8-17)23-27-29-24(30-28-23)20-13-9-18(10-14-20)22-6-2-4-16-26-22/h1-16H. The maximum atomic E-state index is 4.36. The molecule has 30 heavy (non-hydrogen) atoms. The molecule has 5 aromatic rings. The molecule has 0 aliphatic rings. The quantitative estimate of drug-likeness (QED) is 0.443. The van der Waals surface area contributed by atoms with Crippen molar-refractivity contribution < 1.29 is 0 Å². The Hall–Kier alpha value is -4.32. The Morgan fingerprint density at radius 2 is 0.733 bits per heavy atom. The van der Waals surface area contributed by atoms with Crippen LogP contribution in [0.5, 0.6) is 0 Å². The smallest absolute Gasteiger partial charge is 0.203 e. The first kappa shape index (κ1) is 17.8. The molecule has 0 atom stereocenters. The summed E-state index contributed by atoms with van der Waals surface area (Å²) in [6.45, 7) is 0. The number of hydrogen-bond donors (Lipinski definition) is 0. The second-order valence-corrected chi connectivity index (χ2v) is 6.63. The fourth-order valence-electron chi connectivity index (χ4n) is 3.11. The Morgan fingerprint density at radius 1 is 0.367 bits per heavy atom. The summed E-state index contributed by atoms with van der Waals surface area (Å²) in [5, 5.41) is 17.0. The second-order valence-electron chi connectivity index (χ2n) is 6.63. The molecule has 3 heterocycles. The first-order valence-corrected chi connectivity index (χ1v) is 9.48. The number of rotatable bonds is 4. The molecular weight excluding hydrogens is 372 g/mol. The van der Waals surface area contributed by atoms with Crippen LogP contribution in [-0.4, -0.2) is 30.4 Å². The first-order valence-electron chi connectivity index (χ1n) is 9.48. The van der Waals surface area contributed by atoms with E-state index in [0.29, 0.717) is 11.6 Å². The third-order valence-corrected chi connectivity index (χ3v) is 4.69. The van der Waals surface area contributed by atoms with Gasteiger partial charge >= 0.3 is 0 Å². The van der Waals surface area contributed by atoms with Crippen molar-refractivity contribution in [1.29, 1.82) is 0 Å². The highest BCUT2D eigenvalue weighted by Crippen LogP contribution is 2.23. The average molecular weight is 388 g/mol. The van der Waals surface area contributed by atoms with Gasteiger partial charge in [-0.15, -0.1) is 20.4 Å². The summed E-state index contributed by atoms with van der Waals surface area (Å²) in [6.07, 6.45) is 3.56. The lowest BCUT2D eigenvalue weighted by molar-refractivity contribution is 0.876. The van der Waals surface area contributed by atoms with Gasteiger partial charge in [-0.1, -0.05) is 60.7 Å². The lowest BCUT2D eigenvalue weighted by atomic mass is 10.1. The SMILES string of the molecule is c1ccc(-c2ccc(-c3nnc(-c4ccc(-c5ccccn5)cc4)nn3)cc2)nc1. The molecule has 5 rings (SSSR count). The Morgan fingerprint density at radius 3 is 1.07 bits per heavy atom. The number of pyridine rings is 2. The summed E-state index contributed by atoms with van der Waals surface area (Å²) in [5.74, 6) is 0.966. The Kier molecular flexibility index (Phi) is 4.72. The summed E-state index contributed by atoms with van der Waals surface area (Å²) in [7, 11) is 0. The maximum Gasteiger partial charge on any atom is 0.203 e. The Balaban J connectivity index is 1.35. The predicted molar refractivity (Wildman–Crippen MR) is 115 cm³/mol. The van der Waals surface area contributed by atoms with Crippen molar-refractivity contribution in [1.82, 2.24) is 30.4 Å². The molecule has 6 nitrogen and oxygen atoms in total. The summed E-state index contributed by atoms with van der Waals surface area (Å²) >= 11 is 0. The molecule has 0 aliphatic heterocycles. The van der Waals surface area contributed by atoms with Crippen molar-refractivity contribution >= 4 is 0 Å². The van der Waals surface area contributed by atoms with Crippen molar-refractivity contribution in [2.45, 2.75) is 0 Å². The minimum Gasteiger partial charge on any atom is -0.256 e. The van der Waals surface area contributed by atoms with E-state index < -0.39 is 0 Å². The summed E-state index contributed by atoms with van der Waals surface area (Å²) in [6, 6.07) is 27.4. The normalized spacial score (nSPS) is 10.7. The van der Waals surface area contributed by atoms with Crippen LogP contribution in [0.2, 0.25) is 0 Å². The molecule has 2 aromatic carbocycles. The van der Waals surface area contributed by atoms with Crippen LogP contribution in [-0.2, 0) is 0 Å². The van der Waals surface area contributed by atoms with Gasteiger partial charge in [0, 0.05) is 34.6 Å². The molecule has 142 valence electrons. The second kappa shape index (κ2) is 7.97. The third kappa shape index (κ3) is 3.66. The van der Waals surface area contributed by atoms with E-state index >= 15 is 0 Å². The van der Waals surface area contributed by atoms with Crippen molar-refractivity contribution in [2.75, 3.05) is 0 Å². The van der Waals surface area contributed by atoms with E-state index in [1.807, 2.05) is 84.9 Å². The van der Waals surface area contributed by atoms with Crippen LogP contribution in [0.4, 0.5) is 0 Å². The lowest BCUT2D eigenvalue weighted by Gasteiger charge is -2.04. The van der Waals surface area contributed by atoms with Gasteiger partial charge in [-0.3, -0.25) is 9.97 Å². The van der Waals surface area contributed by atoms with E-state index in [1.165, 1.54) is 0 Å². The highest BCUT2D eigenvalue weighted by atomic mass is 15.3. The van der Waals surface area contributed by atoms with Crippen molar-refractivity contribution in [2.24, 2.45) is 0 Å². The molecule has 0 spiro atoms. The predicted octanol–water partition coefficient (Wildman–Crippen LogP) is 4.72. The molecule has 0 bridgehead atoms. The first-order chi connectivity index (χ1) is 14.9. The van der Waals surface area contributed by atoms with E-state index in [1.54, 1.807) is 12.4 Å². The number of benzene rings is 2. The van der Waals surface area contributed by atoms with E-state index in [2.05, 4.69) is 30.4 Å². The number of aromatic nitrogens is 6. The Bertz CT molecular complexity index is 1140. The van der Waals surface area contributed by atoms with Gasteiger partial charge in [-0.25, -0.2) is 0 Å². The number of nitrogens with zero attached hydrogens (tertiary/aromatic N) is 6. The molecule has 0 unspecified atom stereocenters. The summed E-state index contributed by atoms with van der Waals surface area (Å²) < 4.78 is 0. The van der Waals surface area contributed by atoms with Crippen LogP contribution >= 0.6 is 0 Å². The van der Waals surface area contributed by atoms with Gasteiger partial charge in [0.2, 0.25) is 11.6 Å². The van der Waals surface area contributed by atoms with E-state index in [0.717, 1.165) is 33.6 Å². The molecule has 0 amide bonds. The third-order valence-electron chi connectivity index (χ3n) is 4.69. The molecular formula is C24H16N6. The summed E-state index contributed by atoms with van der Waals surface area (Å²) in [4.78, 5) is 8.72. The van der Waals surface area contributed by atoms with Crippen LogP contribution < -0.4 is 0 Å². The van der Waals surface area contributed by atoms with Crippen molar-refractivity contribution in [3.05, 3.63) is 97.3 Å².